The summed E-state index contributed by atoms with van der Waals surface area (Å²) in [6, 6.07) is 6.31. The van der Waals surface area contributed by atoms with E-state index >= 15 is 0 Å². The second-order valence-electron chi connectivity index (χ2n) is 4.58. The minimum atomic E-state index is 0.445. The molecule has 0 amide bonds. The van der Waals surface area contributed by atoms with E-state index in [1.807, 2.05) is 28.6 Å². The molecule has 0 saturated carbocycles. The molecule has 1 unspecified atom stereocenters. The van der Waals surface area contributed by atoms with Gasteiger partial charge >= 0.3 is 0 Å². The molecule has 0 bridgehead atoms. The van der Waals surface area contributed by atoms with Crippen molar-refractivity contribution in [2.24, 2.45) is 0 Å². The van der Waals surface area contributed by atoms with Crippen molar-refractivity contribution >= 4 is 11.3 Å². The van der Waals surface area contributed by atoms with E-state index in [-0.39, 0.29) is 0 Å². The number of aromatic nitrogens is 1. The third-order valence-corrected chi connectivity index (χ3v) is 4.09. The van der Waals surface area contributed by atoms with Crippen LogP contribution in [0.2, 0.25) is 0 Å². The molecule has 96 valence electrons. The summed E-state index contributed by atoms with van der Waals surface area (Å²) >= 11 is 1.63. The van der Waals surface area contributed by atoms with Crippen LogP contribution in [0, 0.1) is 0 Å². The van der Waals surface area contributed by atoms with Crippen LogP contribution in [-0.4, -0.2) is 22.8 Å². The number of nitrogens with zero attached hydrogens (tertiary/aromatic N) is 2. The van der Waals surface area contributed by atoms with Crippen molar-refractivity contribution in [1.82, 2.24) is 10.2 Å². The molecule has 5 heteroatoms. The van der Waals surface area contributed by atoms with Gasteiger partial charge in [0, 0.05) is 12.6 Å². The zero-order valence-corrected chi connectivity index (χ0v) is 11.2. The maximum absolute atomic E-state index is 5.78. The van der Waals surface area contributed by atoms with E-state index in [2.05, 4.69) is 12.1 Å². The summed E-state index contributed by atoms with van der Waals surface area (Å²) in [4.78, 5) is 6.85. The first-order chi connectivity index (χ1) is 8.83. The average Bonchev–Trinajstić information content (AvgIpc) is 3.02. The maximum atomic E-state index is 5.78. The fraction of sp³-hybridized carbons (Fsp3) is 0.462. The third kappa shape index (κ3) is 2.42. The second kappa shape index (κ2) is 5.12. The number of hydrogen-bond donors (Lipinski definition) is 0. The minimum Gasteiger partial charge on any atom is -0.382 e. The molecule has 3 heterocycles. The van der Waals surface area contributed by atoms with Crippen LogP contribution < -0.4 is 4.84 Å². The summed E-state index contributed by atoms with van der Waals surface area (Å²) in [6.45, 7) is 3.14. The van der Waals surface area contributed by atoms with E-state index in [1.165, 1.54) is 19.3 Å². The quantitative estimate of drug-likeness (QED) is 0.849. The molecule has 1 atom stereocenters. The Morgan fingerprint density at radius 3 is 3.22 bits per heavy atom. The molecule has 2 aromatic rings. The highest BCUT2D eigenvalue weighted by molar-refractivity contribution is 7.13. The number of hydroxylamine groups is 2. The lowest BCUT2D eigenvalue weighted by Crippen LogP contribution is -2.39. The van der Waals surface area contributed by atoms with Crippen LogP contribution in [0.15, 0.2) is 28.1 Å². The van der Waals surface area contributed by atoms with Crippen molar-refractivity contribution in [2.75, 3.05) is 6.54 Å². The van der Waals surface area contributed by atoms with Gasteiger partial charge in [0.25, 0.3) is 5.88 Å². The SMILES string of the molecule is CC1CCCCN1Oc1cc(-c2cccs2)on1. The number of thiophene rings is 1. The topological polar surface area (TPSA) is 38.5 Å². The molecular weight excluding hydrogens is 248 g/mol. The van der Waals surface area contributed by atoms with Gasteiger partial charge in [-0.05, 0) is 36.4 Å². The predicted molar refractivity (Wildman–Crippen MR) is 70.5 cm³/mol. The lowest BCUT2D eigenvalue weighted by atomic mass is 10.1. The summed E-state index contributed by atoms with van der Waals surface area (Å²) in [7, 11) is 0. The van der Waals surface area contributed by atoms with Crippen molar-refractivity contribution in [2.45, 2.75) is 32.2 Å². The monoisotopic (exact) mass is 264 g/mol. The van der Waals surface area contributed by atoms with Crippen molar-refractivity contribution in [3.8, 4) is 16.5 Å². The standard InChI is InChI=1S/C13H16N2O2S/c1-10-5-2-3-7-15(10)17-13-9-11(16-14-13)12-6-4-8-18-12/h4,6,8-10H,2-3,5,7H2,1H3. The molecule has 0 spiro atoms. The first-order valence-corrected chi connectivity index (χ1v) is 7.16. The molecule has 0 aliphatic carbocycles. The third-order valence-electron chi connectivity index (χ3n) is 3.21. The number of rotatable bonds is 3. The van der Waals surface area contributed by atoms with Gasteiger partial charge in [0.15, 0.2) is 5.76 Å². The first-order valence-electron chi connectivity index (χ1n) is 6.28. The zero-order chi connectivity index (χ0) is 12.4. The first kappa shape index (κ1) is 11.7. The van der Waals surface area contributed by atoms with Gasteiger partial charge in [0.1, 0.15) is 0 Å². The highest BCUT2D eigenvalue weighted by Crippen LogP contribution is 2.28. The van der Waals surface area contributed by atoms with Crippen molar-refractivity contribution in [3.63, 3.8) is 0 Å². The van der Waals surface area contributed by atoms with Crippen molar-refractivity contribution in [3.05, 3.63) is 23.6 Å². The second-order valence-corrected chi connectivity index (χ2v) is 5.53. The van der Waals surface area contributed by atoms with Gasteiger partial charge in [-0.2, -0.15) is 0 Å². The van der Waals surface area contributed by atoms with Crippen LogP contribution in [0.1, 0.15) is 26.2 Å². The highest BCUT2D eigenvalue weighted by atomic mass is 32.1. The lowest BCUT2D eigenvalue weighted by molar-refractivity contribution is -0.111. The highest BCUT2D eigenvalue weighted by Gasteiger charge is 2.21. The minimum absolute atomic E-state index is 0.445. The van der Waals surface area contributed by atoms with Gasteiger partial charge < -0.3 is 9.36 Å². The average molecular weight is 264 g/mol. The molecule has 1 aliphatic rings. The van der Waals surface area contributed by atoms with Crippen LogP contribution in [0.5, 0.6) is 5.88 Å². The summed E-state index contributed by atoms with van der Waals surface area (Å²) in [5.74, 6) is 1.32. The van der Waals surface area contributed by atoms with Crippen LogP contribution in [0.4, 0.5) is 0 Å². The van der Waals surface area contributed by atoms with Crippen LogP contribution in [0.25, 0.3) is 10.6 Å². The van der Waals surface area contributed by atoms with E-state index in [0.717, 1.165) is 17.2 Å². The molecule has 3 rings (SSSR count). The van der Waals surface area contributed by atoms with Gasteiger partial charge in [-0.3, -0.25) is 0 Å². The Morgan fingerprint density at radius 1 is 1.50 bits per heavy atom. The molecule has 1 fully saturated rings. The molecule has 1 saturated heterocycles. The smallest absolute Gasteiger partial charge is 0.277 e. The normalized spacial score (nSPS) is 21.1. The summed E-state index contributed by atoms with van der Waals surface area (Å²) in [5, 5.41) is 7.99. The van der Waals surface area contributed by atoms with E-state index in [1.54, 1.807) is 11.3 Å². The van der Waals surface area contributed by atoms with Gasteiger partial charge in [0.05, 0.1) is 10.9 Å². The Morgan fingerprint density at radius 2 is 2.44 bits per heavy atom. The largest absolute Gasteiger partial charge is 0.382 e. The molecule has 0 N–H and O–H groups in total. The molecular formula is C13H16N2O2S. The summed E-state index contributed by atoms with van der Waals surface area (Å²) in [6.07, 6.45) is 3.63. The molecule has 2 aromatic heterocycles. The Kier molecular flexibility index (Phi) is 3.34. The van der Waals surface area contributed by atoms with Crippen LogP contribution >= 0.6 is 11.3 Å². The lowest BCUT2D eigenvalue weighted by Gasteiger charge is -2.30. The molecule has 18 heavy (non-hydrogen) atoms. The number of piperidine rings is 1. The van der Waals surface area contributed by atoms with E-state index in [4.69, 9.17) is 9.36 Å². The maximum Gasteiger partial charge on any atom is 0.277 e. The Balaban J connectivity index is 1.70. The summed E-state index contributed by atoms with van der Waals surface area (Å²) in [5.41, 5.74) is 0. The van der Waals surface area contributed by atoms with Crippen molar-refractivity contribution in [1.29, 1.82) is 0 Å². The van der Waals surface area contributed by atoms with E-state index in [9.17, 15) is 0 Å². The number of hydrogen-bond acceptors (Lipinski definition) is 5. The van der Waals surface area contributed by atoms with E-state index in [0.29, 0.717) is 11.9 Å². The van der Waals surface area contributed by atoms with E-state index < -0.39 is 0 Å². The summed E-state index contributed by atoms with van der Waals surface area (Å²) < 4.78 is 5.29. The van der Waals surface area contributed by atoms with Crippen LogP contribution in [-0.2, 0) is 0 Å². The molecule has 4 nitrogen and oxygen atoms in total. The molecule has 0 aromatic carbocycles. The fourth-order valence-corrected chi connectivity index (χ4v) is 2.84. The predicted octanol–water partition coefficient (Wildman–Crippen LogP) is 3.57. The zero-order valence-electron chi connectivity index (χ0n) is 10.3. The fourth-order valence-electron chi connectivity index (χ4n) is 2.16. The Bertz CT molecular complexity index is 495. The van der Waals surface area contributed by atoms with Gasteiger partial charge in [-0.15, -0.1) is 16.4 Å². The van der Waals surface area contributed by atoms with Gasteiger partial charge in [-0.25, -0.2) is 0 Å². The van der Waals surface area contributed by atoms with Crippen molar-refractivity contribution < 1.29 is 9.36 Å². The Hall–Kier alpha value is -1.33. The molecule has 1 aliphatic heterocycles. The van der Waals surface area contributed by atoms with Crippen LogP contribution in [0.3, 0.4) is 0 Å². The van der Waals surface area contributed by atoms with Gasteiger partial charge in [0.2, 0.25) is 0 Å². The Labute approximate surface area is 110 Å². The molecule has 0 radical (unpaired) electrons. The van der Waals surface area contributed by atoms with Gasteiger partial charge in [-0.1, -0.05) is 12.5 Å².